The number of aliphatic imine (C=N–C) groups is 1. The van der Waals surface area contributed by atoms with Gasteiger partial charge in [0.15, 0.2) is 5.82 Å². The van der Waals surface area contributed by atoms with Crippen LogP contribution in [0.3, 0.4) is 0 Å². The number of aromatic nitrogens is 2. The molecule has 0 saturated heterocycles. The van der Waals surface area contributed by atoms with Crippen molar-refractivity contribution in [1.82, 2.24) is 15.3 Å². The number of nitrogens with zero attached hydrogens (tertiary/aromatic N) is 3. The Morgan fingerprint density at radius 1 is 1.28 bits per heavy atom. The van der Waals surface area contributed by atoms with Crippen LogP contribution in [0.4, 0.5) is 5.82 Å². The molecule has 2 aromatic rings. The van der Waals surface area contributed by atoms with Crippen molar-refractivity contribution < 1.29 is 0 Å². The maximum absolute atomic E-state index is 5.30. The van der Waals surface area contributed by atoms with Crippen LogP contribution in [-0.4, -0.2) is 23.4 Å². The largest absolute Gasteiger partial charge is 0.393 e. The summed E-state index contributed by atoms with van der Waals surface area (Å²) in [6, 6.07) is 8.06. The van der Waals surface area contributed by atoms with Gasteiger partial charge >= 0.3 is 0 Å². The summed E-state index contributed by atoms with van der Waals surface area (Å²) in [4.78, 5) is 13.1. The zero-order valence-corrected chi connectivity index (χ0v) is 14.4. The van der Waals surface area contributed by atoms with E-state index in [1.54, 1.807) is 0 Å². The van der Waals surface area contributed by atoms with Gasteiger partial charge in [0.2, 0.25) is 0 Å². The molecular weight excluding hydrogens is 310 g/mol. The third-order valence-corrected chi connectivity index (χ3v) is 3.97. The molecule has 0 aromatic carbocycles. The van der Waals surface area contributed by atoms with Crippen LogP contribution in [0.5, 0.6) is 0 Å². The Morgan fingerprint density at radius 2 is 2.16 bits per heavy atom. The molecule has 2 aromatic heterocycles. The summed E-state index contributed by atoms with van der Waals surface area (Å²) in [5, 5.41) is 3.07. The summed E-state index contributed by atoms with van der Waals surface area (Å²) in [6.45, 7) is 2.00. The second-order valence-electron chi connectivity index (χ2n) is 5.58. The van der Waals surface area contributed by atoms with Crippen molar-refractivity contribution >= 4 is 23.3 Å². The summed E-state index contributed by atoms with van der Waals surface area (Å²) >= 11 is 0. The van der Waals surface area contributed by atoms with Crippen LogP contribution in [0.2, 0.25) is 0 Å². The average molecular weight is 331 g/mol. The van der Waals surface area contributed by atoms with Crippen LogP contribution in [0.25, 0.3) is 11.1 Å². The van der Waals surface area contributed by atoms with E-state index in [1.165, 1.54) is 6.34 Å². The summed E-state index contributed by atoms with van der Waals surface area (Å²) in [7, 11) is 1.89. The number of hydrogen-bond acceptors (Lipinski definition) is 4. The molecule has 0 atom stereocenters. The number of allylic oxidation sites excluding steroid dienone is 4. The first-order valence-corrected chi connectivity index (χ1v) is 8.18. The smallest absolute Gasteiger partial charge is 0.153 e. The fourth-order valence-electron chi connectivity index (χ4n) is 2.89. The molecule has 0 fully saturated rings. The van der Waals surface area contributed by atoms with Gasteiger partial charge in [-0.25, -0.2) is 9.98 Å². The maximum atomic E-state index is 5.30. The topological polar surface area (TPSA) is 76.2 Å². The van der Waals surface area contributed by atoms with Gasteiger partial charge in [0.1, 0.15) is 0 Å². The van der Waals surface area contributed by atoms with E-state index in [1.807, 2.05) is 44.6 Å². The van der Waals surface area contributed by atoms with Crippen LogP contribution >= 0.6 is 0 Å². The molecule has 1 aliphatic carbocycles. The Morgan fingerprint density at radius 3 is 2.84 bits per heavy atom. The SMILES string of the molecule is CC=C/C(=C\NC)c1ccc2c(n1)CC=C2c1ccc(N=CN)nc1. The van der Waals surface area contributed by atoms with E-state index in [0.717, 1.165) is 40.1 Å². The molecule has 5 heteroatoms. The monoisotopic (exact) mass is 331 g/mol. The lowest BCUT2D eigenvalue weighted by Gasteiger charge is -2.09. The molecule has 0 amide bonds. The summed E-state index contributed by atoms with van der Waals surface area (Å²) in [6.07, 6.45) is 12.1. The van der Waals surface area contributed by atoms with Gasteiger partial charge in [-0.3, -0.25) is 4.98 Å². The summed E-state index contributed by atoms with van der Waals surface area (Å²) in [5.41, 5.74) is 11.8. The van der Waals surface area contributed by atoms with Crippen molar-refractivity contribution in [2.75, 3.05) is 7.05 Å². The van der Waals surface area contributed by atoms with Crippen molar-refractivity contribution in [3.63, 3.8) is 0 Å². The number of fused-ring (bicyclic) bond motifs is 1. The lowest BCUT2D eigenvalue weighted by Crippen LogP contribution is -1.99. The van der Waals surface area contributed by atoms with E-state index in [4.69, 9.17) is 10.7 Å². The van der Waals surface area contributed by atoms with Crippen LogP contribution in [-0.2, 0) is 6.42 Å². The fraction of sp³-hybridized carbons (Fsp3) is 0.150. The van der Waals surface area contributed by atoms with Crippen LogP contribution in [0.1, 0.15) is 29.4 Å². The maximum Gasteiger partial charge on any atom is 0.153 e. The van der Waals surface area contributed by atoms with Crippen LogP contribution in [0, 0.1) is 0 Å². The standard InChI is InChI=1S/C20H21N5/c1-3-4-15(11-22-2)18-8-7-17-16(6-9-19(17)25-18)14-5-10-20(23-12-14)24-13-21/h3-8,10-13,22H,9H2,1-2H3,(H2,21,23,24)/b4-3?,15-11+. The number of pyridine rings is 2. The molecule has 0 saturated carbocycles. The normalized spacial score (nSPS) is 14.2. The highest BCUT2D eigenvalue weighted by atomic mass is 14.9. The van der Waals surface area contributed by atoms with Crippen molar-refractivity contribution in [3.05, 3.63) is 77.4 Å². The quantitative estimate of drug-likeness (QED) is 0.501. The van der Waals surface area contributed by atoms with Crippen molar-refractivity contribution in [3.8, 4) is 0 Å². The van der Waals surface area contributed by atoms with Gasteiger partial charge in [0.25, 0.3) is 0 Å². The second kappa shape index (κ2) is 7.57. The van der Waals surface area contributed by atoms with Crippen molar-refractivity contribution in [1.29, 1.82) is 0 Å². The van der Waals surface area contributed by atoms with Gasteiger partial charge in [-0.15, -0.1) is 0 Å². The highest BCUT2D eigenvalue weighted by Crippen LogP contribution is 2.33. The van der Waals surface area contributed by atoms with Gasteiger partial charge in [-0.2, -0.15) is 0 Å². The molecule has 0 aliphatic heterocycles. The number of rotatable bonds is 5. The number of nitrogens with two attached hydrogens (primary N) is 1. The van der Waals surface area contributed by atoms with Crippen LogP contribution in [0.15, 0.2) is 59.9 Å². The molecule has 126 valence electrons. The predicted octanol–water partition coefficient (Wildman–Crippen LogP) is 3.22. The second-order valence-corrected chi connectivity index (χ2v) is 5.58. The molecule has 3 rings (SSSR count). The molecule has 0 bridgehead atoms. The molecule has 0 spiro atoms. The van der Waals surface area contributed by atoms with E-state index in [9.17, 15) is 0 Å². The van der Waals surface area contributed by atoms with E-state index in [2.05, 4.69) is 39.6 Å². The van der Waals surface area contributed by atoms with Crippen molar-refractivity contribution in [2.24, 2.45) is 10.7 Å². The van der Waals surface area contributed by atoms with E-state index < -0.39 is 0 Å². The number of nitrogens with one attached hydrogen (secondary N) is 1. The van der Waals surface area contributed by atoms with Gasteiger partial charge < -0.3 is 11.1 Å². The first-order chi connectivity index (χ1) is 12.3. The molecule has 1 aliphatic rings. The highest BCUT2D eigenvalue weighted by molar-refractivity contribution is 5.84. The summed E-state index contributed by atoms with van der Waals surface area (Å²) in [5.74, 6) is 0.603. The van der Waals surface area contributed by atoms with E-state index in [0.29, 0.717) is 5.82 Å². The molecule has 3 N–H and O–H groups in total. The fourth-order valence-corrected chi connectivity index (χ4v) is 2.89. The lowest BCUT2D eigenvalue weighted by molar-refractivity contribution is 1.08. The molecule has 0 radical (unpaired) electrons. The molecule has 0 unspecified atom stereocenters. The third kappa shape index (κ3) is 3.50. The van der Waals surface area contributed by atoms with Gasteiger partial charge in [0, 0.05) is 42.6 Å². The zero-order valence-electron chi connectivity index (χ0n) is 14.4. The third-order valence-electron chi connectivity index (χ3n) is 3.97. The first-order valence-electron chi connectivity index (χ1n) is 8.18. The molecule has 25 heavy (non-hydrogen) atoms. The molecule has 2 heterocycles. The minimum absolute atomic E-state index is 0.603. The lowest BCUT2D eigenvalue weighted by atomic mass is 10.0. The Kier molecular flexibility index (Phi) is 5.04. The predicted molar refractivity (Wildman–Crippen MR) is 103 cm³/mol. The van der Waals surface area contributed by atoms with Gasteiger partial charge in [-0.1, -0.05) is 24.3 Å². The van der Waals surface area contributed by atoms with Crippen LogP contribution < -0.4 is 11.1 Å². The molecular formula is C20H21N5. The van der Waals surface area contributed by atoms with E-state index >= 15 is 0 Å². The molecule has 5 nitrogen and oxygen atoms in total. The highest BCUT2D eigenvalue weighted by Gasteiger charge is 2.18. The minimum Gasteiger partial charge on any atom is -0.393 e. The number of hydrogen-bond donors (Lipinski definition) is 2. The van der Waals surface area contributed by atoms with E-state index in [-0.39, 0.29) is 0 Å². The van der Waals surface area contributed by atoms with Crippen molar-refractivity contribution in [2.45, 2.75) is 13.3 Å². The Balaban J connectivity index is 1.91. The zero-order chi connectivity index (χ0) is 17.6. The van der Waals surface area contributed by atoms with Gasteiger partial charge in [-0.05, 0) is 30.7 Å². The average Bonchev–Trinajstić information content (AvgIpc) is 3.06. The minimum atomic E-state index is 0.603. The van der Waals surface area contributed by atoms with Gasteiger partial charge in [0.05, 0.1) is 17.7 Å². The Bertz CT molecular complexity index is 873. The first kappa shape index (κ1) is 16.6. The Labute approximate surface area is 147 Å². The Hall–Kier alpha value is -3.21. The summed E-state index contributed by atoms with van der Waals surface area (Å²) < 4.78 is 0.